The largest absolute Gasteiger partial charge is 0.361 e. The molecule has 1 aromatic heterocycles. The Hall–Kier alpha value is -2.71. The van der Waals surface area contributed by atoms with Crippen molar-refractivity contribution in [2.24, 2.45) is 11.7 Å². The van der Waals surface area contributed by atoms with Gasteiger partial charge in [0, 0.05) is 43.2 Å². The number of carbonyl (C=O) groups is 3. The van der Waals surface area contributed by atoms with E-state index in [1.807, 2.05) is 29.2 Å². The molecule has 2 fully saturated rings. The molecule has 2 aliphatic rings. The van der Waals surface area contributed by atoms with Gasteiger partial charge in [0.25, 0.3) is 5.91 Å². The molecular formula is C26H37N5O3. The number of H-pyrrole nitrogens is 1. The second kappa shape index (κ2) is 9.50. The summed E-state index contributed by atoms with van der Waals surface area (Å²) in [7, 11) is 0. The Labute approximate surface area is 204 Å². The minimum atomic E-state index is -1.97. The summed E-state index contributed by atoms with van der Waals surface area (Å²) >= 11 is 0. The van der Waals surface area contributed by atoms with Crippen molar-refractivity contribution in [2.45, 2.75) is 70.1 Å². The third kappa shape index (κ3) is 4.88. The quantitative estimate of drug-likeness (QED) is 0.425. The van der Waals surface area contributed by atoms with Gasteiger partial charge in [-0.15, -0.1) is 0 Å². The molecular weight excluding hydrogens is 430 g/mol. The van der Waals surface area contributed by atoms with Gasteiger partial charge in [0.1, 0.15) is 15.1 Å². The molecule has 184 valence electrons. The molecule has 1 aromatic carbocycles. The number of nitrogens with one attached hydrogen (secondary N) is 2. The van der Waals surface area contributed by atoms with Crippen molar-refractivity contribution in [3.8, 4) is 0 Å². The van der Waals surface area contributed by atoms with E-state index in [1.165, 1.54) is 18.7 Å². The van der Waals surface area contributed by atoms with Crippen molar-refractivity contribution < 1.29 is 17.2 Å². The Balaban J connectivity index is 1.69. The van der Waals surface area contributed by atoms with Crippen LogP contribution in [-0.4, -0.2) is 69.7 Å². The smallest absolute Gasteiger partial charge is 0.258 e. The number of piperidine rings is 1. The van der Waals surface area contributed by atoms with Crippen LogP contribution in [0.4, 0.5) is 0 Å². The summed E-state index contributed by atoms with van der Waals surface area (Å²) in [5.41, 5.74) is 4.78. The molecule has 3 heterocycles. The topological polar surface area (TPSA) is 112 Å². The zero-order chi connectivity index (χ0) is 26.3. The molecule has 0 saturated carbocycles. The highest BCUT2D eigenvalue weighted by Gasteiger charge is 2.47. The second-order valence-corrected chi connectivity index (χ2v) is 10.4. The Morgan fingerprint density at radius 2 is 2.03 bits per heavy atom. The monoisotopic (exact) mass is 469 g/mol. The number of nitrogens with two attached hydrogens (primary N) is 1. The van der Waals surface area contributed by atoms with Crippen molar-refractivity contribution in [3.63, 3.8) is 0 Å². The van der Waals surface area contributed by atoms with Crippen molar-refractivity contribution in [3.05, 3.63) is 36.0 Å². The molecule has 0 bridgehead atoms. The number of carbonyl (C=O) groups excluding carboxylic acids is 3. The zero-order valence-electron chi connectivity index (χ0n) is 22.3. The minimum absolute atomic E-state index is 0.0613. The van der Waals surface area contributed by atoms with E-state index in [0.29, 0.717) is 38.4 Å². The number of aromatic amines is 1. The van der Waals surface area contributed by atoms with Crippen LogP contribution >= 0.6 is 0 Å². The van der Waals surface area contributed by atoms with Crippen LogP contribution in [-0.2, 0) is 20.8 Å². The number of aldehydes is 1. The third-order valence-corrected chi connectivity index (χ3v) is 7.00. The molecule has 3 atom stereocenters. The molecule has 34 heavy (non-hydrogen) atoms. The molecule has 0 spiro atoms. The van der Waals surface area contributed by atoms with Crippen LogP contribution in [0.15, 0.2) is 30.5 Å². The molecule has 2 amide bonds. The summed E-state index contributed by atoms with van der Waals surface area (Å²) < 4.78 is 16.6. The van der Waals surface area contributed by atoms with Gasteiger partial charge in [-0.05, 0) is 57.1 Å². The van der Waals surface area contributed by atoms with Crippen LogP contribution in [0.1, 0.15) is 53.4 Å². The van der Waals surface area contributed by atoms with E-state index < -0.39 is 29.4 Å². The number of amides is 2. The summed E-state index contributed by atoms with van der Waals surface area (Å²) in [6.45, 7) is 6.67. The van der Waals surface area contributed by atoms with Gasteiger partial charge in [-0.1, -0.05) is 25.1 Å². The van der Waals surface area contributed by atoms with E-state index in [2.05, 4.69) is 11.9 Å². The van der Waals surface area contributed by atoms with E-state index in [4.69, 9.17) is 8.52 Å². The SMILES string of the molecule is [2H]C(=O)C(C)(C)N([2H])[C@@](N)(Cc1c[nH]c2ccccc12)C(=O)N1CCC[C@H]1C(=O)N1CCCC(C)C1. The number of hydrogen-bond donors (Lipinski definition) is 3. The lowest BCUT2D eigenvalue weighted by Gasteiger charge is -2.40. The van der Waals surface area contributed by atoms with Gasteiger partial charge >= 0.3 is 0 Å². The summed E-state index contributed by atoms with van der Waals surface area (Å²) in [6, 6.07) is 6.94. The average Bonchev–Trinajstić information content (AvgIpc) is 3.50. The Bertz CT molecular complexity index is 1150. The van der Waals surface area contributed by atoms with E-state index in [0.717, 1.165) is 34.6 Å². The first-order chi connectivity index (χ1) is 17.0. The predicted molar refractivity (Wildman–Crippen MR) is 132 cm³/mol. The van der Waals surface area contributed by atoms with Gasteiger partial charge in [0.05, 0.1) is 5.54 Å². The van der Waals surface area contributed by atoms with Crippen molar-refractivity contribution >= 4 is 29.0 Å². The summed E-state index contributed by atoms with van der Waals surface area (Å²) in [5.74, 6) is -0.233. The first kappa shape index (κ1) is 21.8. The van der Waals surface area contributed by atoms with Gasteiger partial charge in [-0.3, -0.25) is 14.9 Å². The number of benzene rings is 1. The van der Waals surface area contributed by atoms with Crippen LogP contribution in [0.5, 0.6) is 0 Å². The number of aromatic nitrogens is 1. The normalized spacial score (nSPS) is 24.1. The fourth-order valence-corrected chi connectivity index (χ4v) is 5.37. The maximum Gasteiger partial charge on any atom is 0.258 e. The zero-order valence-corrected chi connectivity index (χ0v) is 20.3. The lowest BCUT2D eigenvalue weighted by Crippen LogP contribution is -2.71. The number of hydrogen-bond acceptors (Lipinski definition) is 5. The molecule has 2 saturated heterocycles. The lowest BCUT2D eigenvalue weighted by atomic mass is 9.94. The minimum Gasteiger partial charge on any atom is -0.361 e. The summed E-state index contributed by atoms with van der Waals surface area (Å²) in [5, 5.41) is 1.63. The van der Waals surface area contributed by atoms with E-state index >= 15 is 0 Å². The van der Waals surface area contributed by atoms with Crippen molar-refractivity contribution in [1.82, 2.24) is 20.1 Å². The highest BCUT2D eigenvalue weighted by Crippen LogP contribution is 2.28. The number of rotatable bonds is 7. The van der Waals surface area contributed by atoms with Gasteiger partial charge < -0.3 is 25.3 Å². The highest BCUT2D eigenvalue weighted by molar-refractivity contribution is 5.94. The molecule has 4 N–H and O–H groups in total. The standard InChI is InChI=1S/C26H37N5O3/c1-18-8-6-12-30(16-18)23(33)22-11-7-13-31(22)24(34)26(27,29-25(2,3)17-32)14-19-15-28-21-10-5-4-9-20(19)21/h4-5,9-10,15,17-18,22,28-29H,6-8,11-14,16,27H2,1-3H3/t18?,22-,26-/m0/s1/i17D/hD. The third-order valence-electron chi connectivity index (χ3n) is 7.00. The molecule has 2 aliphatic heterocycles. The van der Waals surface area contributed by atoms with Crippen molar-refractivity contribution in [1.29, 1.82) is 0 Å². The average molecular weight is 470 g/mol. The lowest BCUT2D eigenvalue weighted by molar-refractivity contribution is -0.149. The van der Waals surface area contributed by atoms with Crippen LogP contribution in [0.3, 0.4) is 0 Å². The van der Waals surface area contributed by atoms with E-state index in [-0.39, 0.29) is 12.3 Å². The Kier molecular flexibility index (Phi) is 6.09. The fraction of sp³-hybridized carbons (Fsp3) is 0.577. The van der Waals surface area contributed by atoms with E-state index in [1.54, 1.807) is 6.20 Å². The Morgan fingerprint density at radius 3 is 2.76 bits per heavy atom. The van der Waals surface area contributed by atoms with Crippen molar-refractivity contribution in [2.75, 3.05) is 19.6 Å². The number of fused-ring (bicyclic) bond motifs is 1. The first-order valence-corrected chi connectivity index (χ1v) is 12.2. The number of nitrogens with zero attached hydrogens (tertiary/aromatic N) is 2. The molecule has 1 unspecified atom stereocenters. The van der Waals surface area contributed by atoms with Crippen LogP contribution in [0.25, 0.3) is 10.9 Å². The molecule has 0 aliphatic carbocycles. The van der Waals surface area contributed by atoms with Gasteiger partial charge in [0.2, 0.25) is 5.91 Å². The van der Waals surface area contributed by atoms with Gasteiger partial charge in [-0.25, -0.2) is 0 Å². The van der Waals surface area contributed by atoms with Gasteiger partial charge in [-0.2, -0.15) is 0 Å². The number of likely N-dealkylation sites (tertiary alicyclic amines) is 2. The van der Waals surface area contributed by atoms with Crippen LogP contribution < -0.4 is 11.0 Å². The predicted octanol–water partition coefficient (Wildman–Crippen LogP) is 2.18. The molecule has 0 radical (unpaired) electrons. The summed E-state index contributed by atoms with van der Waals surface area (Å²) in [4.78, 5) is 46.4. The maximum atomic E-state index is 14.2. The molecule has 4 rings (SSSR count). The van der Waals surface area contributed by atoms with Crippen LogP contribution in [0.2, 0.25) is 1.41 Å². The second-order valence-electron chi connectivity index (χ2n) is 10.4. The Morgan fingerprint density at radius 1 is 1.29 bits per heavy atom. The summed E-state index contributed by atoms with van der Waals surface area (Å²) in [6.07, 6.45) is 3.90. The molecule has 2 aromatic rings. The maximum absolute atomic E-state index is 14.2. The first-order valence-electron chi connectivity index (χ1n) is 13.2. The van der Waals surface area contributed by atoms with Gasteiger partial charge in [0.15, 0.2) is 5.66 Å². The van der Waals surface area contributed by atoms with E-state index in [9.17, 15) is 14.4 Å². The highest BCUT2D eigenvalue weighted by atomic mass is 16.2. The van der Waals surface area contributed by atoms with Crippen LogP contribution in [0, 0.1) is 5.92 Å². The molecule has 8 nitrogen and oxygen atoms in total. The molecule has 8 heteroatoms. The number of para-hydroxylation sites is 1. The fourth-order valence-electron chi connectivity index (χ4n) is 5.37.